The van der Waals surface area contributed by atoms with Gasteiger partial charge < -0.3 is 0 Å². The zero-order chi connectivity index (χ0) is 11.1. The van der Waals surface area contributed by atoms with E-state index in [4.69, 9.17) is 0 Å². The molecular formula is C9H9N3O3. The lowest BCUT2D eigenvalue weighted by Gasteiger charge is -2.29. The van der Waals surface area contributed by atoms with E-state index in [1.807, 2.05) is 0 Å². The monoisotopic (exact) mass is 207 g/mol. The lowest BCUT2D eigenvalue weighted by Crippen LogP contribution is -2.33. The first-order valence-electron chi connectivity index (χ1n) is 4.51. The summed E-state index contributed by atoms with van der Waals surface area (Å²) in [6, 6.07) is -0.287. The summed E-state index contributed by atoms with van der Waals surface area (Å²) in [6.45, 7) is 0. The van der Waals surface area contributed by atoms with E-state index in [0.717, 1.165) is 0 Å². The number of hydrogen-bond acceptors (Lipinski definition) is 6. The third kappa shape index (κ3) is 2.79. The fourth-order valence-corrected chi connectivity index (χ4v) is 1.79. The molecule has 6 heteroatoms. The molecule has 0 aromatic rings. The second-order valence-electron chi connectivity index (χ2n) is 3.36. The average molecular weight is 207 g/mol. The molecule has 0 bridgehead atoms. The summed E-state index contributed by atoms with van der Waals surface area (Å²) >= 11 is 0. The quantitative estimate of drug-likeness (QED) is 0.502. The molecule has 0 amide bonds. The summed E-state index contributed by atoms with van der Waals surface area (Å²) in [4.78, 5) is 41.1. The van der Waals surface area contributed by atoms with Gasteiger partial charge in [0.05, 0.1) is 6.04 Å². The highest BCUT2D eigenvalue weighted by Gasteiger charge is 2.36. The fourth-order valence-electron chi connectivity index (χ4n) is 1.79. The Morgan fingerprint density at radius 1 is 1.07 bits per heavy atom. The minimum absolute atomic E-state index is 0.257. The van der Waals surface area contributed by atoms with E-state index in [1.165, 1.54) is 18.2 Å². The topological polar surface area (TPSA) is 88.3 Å². The van der Waals surface area contributed by atoms with E-state index in [-0.39, 0.29) is 12.5 Å². The van der Waals surface area contributed by atoms with Gasteiger partial charge in [0, 0.05) is 6.42 Å². The number of isocyanates is 3. The van der Waals surface area contributed by atoms with Gasteiger partial charge in [0.1, 0.15) is 0 Å². The first-order chi connectivity index (χ1) is 7.26. The Labute approximate surface area is 85.8 Å². The maximum absolute atomic E-state index is 10.2. The van der Waals surface area contributed by atoms with Crippen molar-refractivity contribution in [2.45, 2.75) is 37.4 Å². The van der Waals surface area contributed by atoms with Crippen LogP contribution in [0.2, 0.25) is 0 Å². The van der Waals surface area contributed by atoms with Crippen LogP contribution < -0.4 is 0 Å². The smallest absolute Gasteiger partial charge is 0.211 e. The molecule has 0 saturated heterocycles. The molecule has 0 spiro atoms. The molecule has 0 N–H and O–H groups in total. The van der Waals surface area contributed by atoms with E-state index < -0.39 is 5.66 Å². The number of hydrogen-bond donors (Lipinski definition) is 0. The van der Waals surface area contributed by atoms with E-state index in [0.29, 0.717) is 19.3 Å². The van der Waals surface area contributed by atoms with Gasteiger partial charge in [-0.2, -0.15) is 9.98 Å². The second-order valence-corrected chi connectivity index (χ2v) is 3.36. The minimum Gasteiger partial charge on any atom is -0.211 e. The van der Waals surface area contributed by atoms with Gasteiger partial charge in [-0.25, -0.2) is 19.4 Å². The van der Waals surface area contributed by atoms with Gasteiger partial charge in [-0.05, 0) is 19.3 Å². The van der Waals surface area contributed by atoms with Crippen LogP contribution in [0.4, 0.5) is 0 Å². The number of nitrogens with zero attached hydrogens (tertiary/aromatic N) is 3. The third-order valence-corrected chi connectivity index (χ3v) is 2.42. The molecule has 0 aromatic heterocycles. The van der Waals surface area contributed by atoms with E-state index >= 15 is 0 Å². The van der Waals surface area contributed by atoms with Crippen LogP contribution in [0.3, 0.4) is 0 Å². The van der Waals surface area contributed by atoms with Gasteiger partial charge in [0.2, 0.25) is 18.2 Å². The van der Waals surface area contributed by atoms with Crippen molar-refractivity contribution < 1.29 is 14.4 Å². The van der Waals surface area contributed by atoms with Gasteiger partial charge >= 0.3 is 0 Å². The van der Waals surface area contributed by atoms with Crippen LogP contribution in [0, 0.1) is 0 Å². The molecule has 1 saturated carbocycles. The lowest BCUT2D eigenvalue weighted by molar-refractivity contribution is 0.281. The zero-order valence-electron chi connectivity index (χ0n) is 7.97. The predicted octanol–water partition coefficient (Wildman–Crippen LogP) is 0.633. The largest absolute Gasteiger partial charge is 0.237 e. The standard InChI is InChI=1S/C9H9N3O3/c13-5-10-8-2-1-3-9(4-8,11-6-14)12-7-15/h8H,1-4H2. The Kier molecular flexibility index (Phi) is 3.83. The molecule has 0 aromatic carbocycles. The second kappa shape index (κ2) is 5.13. The van der Waals surface area contributed by atoms with Crippen molar-refractivity contribution in [1.82, 2.24) is 0 Å². The van der Waals surface area contributed by atoms with E-state index in [1.54, 1.807) is 0 Å². The van der Waals surface area contributed by atoms with Crippen LogP contribution >= 0.6 is 0 Å². The highest BCUT2D eigenvalue weighted by Crippen LogP contribution is 2.33. The summed E-state index contributed by atoms with van der Waals surface area (Å²) in [7, 11) is 0. The molecular weight excluding hydrogens is 198 g/mol. The molecule has 1 unspecified atom stereocenters. The highest BCUT2D eigenvalue weighted by molar-refractivity contribution is 5.39. The average Bonchev–Trinajstić information content (AvgIpc) is 2.19. The molecule has 6 nitrogen and oxygen atoms in total. The molecule has 0 aliphatic heterocycles. The fraction of sp³-hybridized carbons (Fsp3) is 0.667. The van der Waals surface area contributed by atoms with Crippen molar-refractivity contribution in [3.63, 3.8) is 0 Å². The molecule has 15 heavy (non-hydrogen) atoms. The van der Waals surface area contributed by atoms with Crippen LogP contribution in [-0.4, -0.2) is 29.9 Å². The molecule has 78 valence electrons. The maximum atomic E-state index is 10.2. The molecule has 1 fully saturated rings. The van der Waals surface area contributed by atoms with Crippen LogP contribution in [0.1, 0.15) is 25.7 Å². The number of aliphatic imine (C=N–C) groups is 3. The first kappa shape index (κ1) is 11.2. The highest BCUT2D eigenvalue weighted by atomic mass is 16.1. The lowest BCUT2D eigenvalue weighted by atomic mass is 9.86. The minimum atomic E-state index is -1.12. The molecule has 1 aliphatic carbocycles. The zero-order valence-corrected chi connectivity index (χ0v) is 7.97. The van der Waals surface area contributed by atoms with Gasteiger partial charge in [0.25, 0.3) is 0 Å². The first-order valence-corrected chi connectivity index (χ1v) is 4.51. The van der Waals surface area contributed by atoms with Gasteiger partial charge in [0.15, 0.2) is 5.66 Å². The summed E-state index contributed by atoms with van der Waals surface area (Å²) < 4.78 is 0. The van der Waals surface area contributed by atoms with E-state index in [2.05, 4.69) is 15.0 Å². The molecule has 1 rings (SSSR count). The van der Waals surface area contributed by atoms with Crippen LogP contribution in [0.5, 0.6) is 0 Å². The predicted molar refractivity (Wildman–Crippen MR) is 49.4 cm³/mol. The maximum Gasteiger partial charge on any atom is 0.237 e. The molecule has 1 atom stereocenters. The van der Waals surface area contributed by atoms with Gasteiger partial charge in [-0.15, -0.1) is 0 Å². The van der Waals surface area contributed by atoms with Crippen LogP contribution in [0.15, 0.2) is 15.0 Å². The Morgan fingerprint density at radius 3 is 2.27 bits per heavy atom. The molecule has 0 radical (unpaired) electrons. The Hall–Kier alpha value is -1.86. The third-order valence-electron chi connectivity index (χ3n) is 2.42. The van der Waals surface area contributed by atoms with Gasteiger partial charge in [-0.1, -0.05) is 0 Å². The SMILES string of the molecule is O=C=NC1CCCC(N=C=O)(N=C=O)C1. The number of carbonyl (C=O) groups excluding carboxylic acids is 3. The van der Waals surface area contributed by atoms with Crippen molar-refractivity contribution in [2.75, 3.05) is 0 Å². The van der Waals surface area contributed by atoms with E-state index in [9.17, 15) is 14.4 Å². The van der Waals surface area contributed by atoms with Crippen LogP contribution in [-0.2, 0) is 14.4 Å². The normalized spacial score (nSPS) is 29.2. The Balaban J connectivity index is 2.93. The summed E-state index contributed by atoms with van der Waals surface area (Å²) in [5, 5.41) is 0. The van der Waals surface area contributed by atoms with Crippen molar-refractivity contribution >= 4 is 18.2 Å². The Bertz CT molecular complexity index is 356. The summed E-state index contributed by atoms with van der Waals surface area (Å²) in [5.74, 6) is 0. The summed E-state index contributed by atoms with van der Waals surface area (Å²) in [5.41, 5.74) is -1.12. The van der Waals surface area contributed by atoms with Crippen molar-refractivity contribution in [3.05, 3.63) is 0 Å². The Morgan fingerprint density at radius 2 is 1.73 bits per heavy atom. The summed E-state index contributed by atoms with van der Waals surface area (Å²) in [6.07, 6.45) is 6.36. The van der Waals surface area contributed by atoms with Gasteiger partial charge in [-0.3, -0.25) is 0 Å². The molecule has 1 aliphatic rings. The van der Waals surface area contributed by atoms with Crippen molar-refractivity contribution in [3.8, 4) is 0 Å². The molecule has 0 heterocycles. The number of rotatable bonds is 3. The van der Waals surface area contributed by atoms with Crippen LogP contribution in [0.25, 0.3) is 0 Å². The van der Waals surface area contributed by atoms with Crippen molar-refractivity contribution in [2.24, 2.45) is 15.0 Å². The van der Waals surface area contributed by atoms with Crippen molar-refractivity contribution in [1.29, 1.82) is 0 Å².